The average Bonchev–Trinajstić information content (AvgIpc) is 2.48. The van der Waals surface area contributed by atoms with Crippen molar-refractivity contribution in [2.24, 2.45) is 0 Å². The summed E-state index contributed by atoms with van der Waals surface area (Å²) >= 11 is 12.2. The number of benzene rings is 2. The van der Waals surface area contributed by atoms with Crippen molar-refractivity contribution in [2.45, 2.75) is 13.0 Å². The second-order valence-corrected chi connectivity index (χ2v) is 5.48. The van der Waals surface area contributed by atoms with E-state index in [4.69, 9.17) is 23.2 Å². The molecular formula is C16H16Cl2N2O. The molecule has 3 nitrogen and oxygen atoms in total. The van der Waals surface area contributed by atoms with Gasteiger partial charge in [-0.15, -0.1) is 0 Å². The third-order valence-electron chi connectivity index (χ3n) is 3.19. The summed E-state index contributed by atoms with van der Waals surface area (Å²) < 4.78 is 0. The van der Waals surface area contributed by atoms with E-state index in [0.29, 0.717) is 15.6 Å². The molecule has 2 N–H and O–H groups in total. The number of carbonyl (C=O) groups is 1. The highest BCUT2D eigenvalue weighted by molar-refractivity contribution is 6.34. The third kappa shape index (κ3) is 3.69. The highest BCUT2D eigenvalue weighted by Crippen LogP contribution is 2.27. The van der Waals surface area contributed by atoms with E-state index in [1.165, 1.54) is 0 Å². The summed E-state index contributed by atoms with van der Waals surface area (Å²) in [5.41, 5.74) is 2.25. The summed E-state index contributed by atoms with van der Waals surface area (Å²) in [6, 6.07) is 12.9. The zero-order valence-corrected chi connectivity index (χ0v) is 13.3. The zero-order valence-electron chi connectivity index (χ0n) is 11.8. The van der Waals surface area contributed by atoms with Gasteiger partial charge in [0.2, 0.25) is 0 Å². The second-order valence-electron chi connectivity index (χ2n) is 4.66. The fraction of sp³-hybridized carbons (Fsp3) is 0.188. The van der Waals surface area contributed by atoms with Gasteiger partial charge in [0.05, 0.1) is 10.6 Å². The smallest absolute Gasteiger partial charge is 0.252 e. The van der Waals surface area contributed by atoms with Crippen molar-refractivity contribution in [3.8, 4) is 0 Å². The van der Waals surface area contributed by atoms with E-state index in [2.05, 4.69) is 10.6 Å². The van der Waals surface area contributed by atoms with Crippen molar-refractivity contribution in [3.05, 3.63) is 63.6 Å². The summed E-state index contributed by atoms with van der Waals surface area (Å²) in [7, 11) is 1.57. The molecule has 0 fully saturated rings. The topological polar surface area (TPSA) is 41.1 Å². The molecule has 2 rings (SSSR count). The number of halogens is 2. The van der Waals surface area contributed by atoms with Crippen LogP contribution in [0.3, 0.4) is 0 Å². The lowest BCUT2D eigenvalue weighted by molar-refractivity contribution is 0.0963. The Hall–Kier alpha value is -1.71. The molecule has 0 heterocycles. The lowest BCUT2D eigenvalue weighted by Gasteiger charge is -2.17. The molecule has 0 bridgehead atoms. The molecule has 0 saturated heterocycles. The van der Waals surface area contributed by atoms with Crippen LogP contribution in [0.15, 0.2) is 42.5 Å². The lowest BCUT2D eigenvalue weighted by atomic mass is 10.1. The summed E-state index contributed by atoms with van der Waals surface area (Å²) in [4.78, 5) is 11.8. The Morgan fingerprint density at radius 2 is 1.81 bits per heavy atom. The third-order valence-corrected chi connectivity index (χ3v) is 3.87. The predicted octanol–water partition coefficient (Wildman–Crippen LogP) is 4.53. The van der Waals surface area contributed by atoms with Gasteiger partial charge in [0.1, 0.15) is 0 Å². The summed E-state index contributed by atoms with van der Waals surface area (Å²) in [6.07, 6.45) is 0. The van der Waals surface area contributed by atoms with Gasteiger partial charge in [0, 0.05) is 23.8 Å². The molecule has 0 aliphatic rings. The molecule has 0 radical (unpaired) electrons. The average molecular weight is 323 g/mol. The van der Waals surface area contributed by atoms with Crippen LogP contribution in [0.2, 0.25) is 10.0 Å². The van der Waals surface area contributed by atoms with Crippen LogP contribution in [-0.4, -0.2) is 13.0 Å². The standard InChI is InChI=1S/C16H16Cl2N2O/c1-10(12-5-3-4-6-14(12)17)20-11-7-8-15(18)13(9-11)16(21)19-2/h3-10,20H,1-2H3,(H,19,21). The Labute approximate surface area is 134 Å². The van der Waals surface area contributed by atoms with Crippen molar-refractivity contribution < 1.29 is 4.79 Å². The molecule has 1 amide bonds. The fourth-order valence-electron chi connectivity index (χ4n) is 2.08. The van der Waals surface area contributed by atoms with E-state index in [-0.39, 0.29) is 11.9 Å². The molecule has 1 unspecified atom stereocenters. The summed E-state index contributed by atoms with van der Waals surface area (Å²) in [5, 5.41) is 7.02. The van der Waals surface area contributed by atoms with Crippen LogP contribution in [0.1, 0.15) is 28.9 Å². The number of rotatable bonds is 4. The van der Waals surface area contributed by atoms with Gasteiger partial charge in [0.25, 0.3) is 5.91 Å². The normalized spacial score (nSPS) is 11.8. The minimum atomic E-state index is -0.214. The molecule has 0 aliphatic carbocycles. The highest BCUT2D eigenvalue weighted by atomic mass is 35.5. The van der Waals surface area contributed by atoms with Gasteiger partial charge in [-0.2, -0.15) is 0 Å². The van der Waals surface area contributed by atoms with Gasteiger partial charge in [-0.05, 0) is 36.8 Å². The van der Waals surface area contributed by atoms with Gasteiger partial charge in [-0.1, -0.05) is 41.4 Å². The number of amides is 1. The first-order valence-corrected chi connectivity index (χ1v) is 7.31. The van der Waals surface area contributed by atoms with Crippen LogP contribution >= 0.6 is 23.2 Å². The molecule has 0 saturated carbocycles. The van der Waals surface area contributed by atoms with Gasteiger partial charge >= 0.3 is 0 Å². The van der Waals surface area contributed by atoms with Gasteiger partial charge in [0.15, 0.2) is 0 Å². The van der Waals surface area contributed by atoms with Gasteiger partial charge in [-0.25, -0.2) is 0 Å². The fourth-order valence-corrected chi connectivity index (χ4v) is 2.58. The van der Waals surface area contributed by atoms with E-state index >= 15 is 0 Å². The van der Waals surface area contributed by atoms with Crippen LogP contribution in [0.5, 0.6) is 0 Å². The Morgan fingerprint density at radius 3 is 2.48 bits per heavy atom. The van der Waals surface area contributed by atoms with Crippen LogP contribution in [0.25, 0.3) is 0 Å². The highest BCUT2D eigenvalue weighted by Gasteiger charge is 2.12. The summed E-state index contributed by atoms with van der Waals surface area (Å²) in [6.45, 7) is 2.01. The molecule has 110 valence electrons. The zero-order chi connectivity index (χ0) is 15.4. The van der Waals surface area contributed by atoms with Crippen LogP contribution < -0.4 is 10.6 Å². The van der Waals surface area contributed by atoms with Gasteiger partial charge < -0.3 is 10.6 Å². The Kier molecular flexibility index (Phi) is 5.10. The Balaban J connectivity index is 2.24. The maximum absolute atomic E-state index is 11.8. The Bertz CT molecular complexity index is 658. The van der Waals surface area contributed by atoms with Crippen LogP contribution in [-0.2, 0) is 0 Å². The number of hydrogen-bond acceptors (Lipinski definition) is 2. The summed E-state index contributed by atoms with van der Waals surface area (Å²) in [5.74, 6) is -0.214. The van der Waals surface area contributed by atoms with E-state index in [1.807, 2.05) is 37.3 Å². The predicted molar refractivity (Wildman–Crippen MR) is 88.3 cm³/mol. The molecule has 5 heteroatoms. The van der Waals surface area contributed by atoms with Crippen molar-refractivity contribution in [1.82, 2.24) is 5.32 Å². The van der Waals surface area contributed by atoms with E-state index < -0.39 is 0 Å². The SMILES string of the molecule is CNC(=O)c1cc(NC(C)c2ccccc2Cl)ccc1Cl. The van der Waals surface area contributed by atoms with Gasteiger partial charge in [-0.3, -0.25) is 4.79 Å². The van der Waals surface area contributed by atoms with E-state index in [1.54, 1.807) is 19.2 Å². The monoisotopic (exact) mass is 322 g/mol. The first kappa shape index (κ1) is 15.7. The van der Waals surface area contributed by atoms with Crippen molar-refractivity contribution in [1.29, 1.82) is 0 Å². The molecule has 0 spiro atoms. The number of hydrogen-bond donors (Lipinski definition) is 2. The number of nitrogens with one attached hydrogen (secondary N) is 2. The minimum absolute atomic E-state index is 0.0115. The van der Waals surface area contributed by atoms with Crippen LogP contribution in [0, 0.1) is 0 Å². The van der Waals surface area contributed by atoms with Crippen molar-refractivity contribution >= 4 is 34.8 Å². The van der Waals surface area contributed by atoms with Crippen LogP contribution in [0.4, 0.5) is 5.69 Å². The molecule has 0 aliphatic heterocycles. The maximum atomic E-state index is 11.8. The van der Waals surface area contributed by atoms with Crippen molar-refractivity contribution in [2.75, 3.05) is 12.4 Å². The first-order valence-electron chi connectivity index (χ1n) is 6.55. The minimum Gasteiger partial charge on any atom is -0.378 e. The lowest BCUT2D eigenvalue weighted by Crippen LogP contribution is -2.18. The van der Waals surface area contributed by atoms with E-state index in [9.17, 15) is 4.79 Å². The van der Waals surface area contributed by atoms with E-state index in [0.717, 1.165) is 11.3 Å². The molecule has 1 atom stereocenters. The van der Waals surface area contributed by atoms with Crippen molar-refractivity contribution in [3.63, 3.8) is 0 Å². The second kappa shape index (κ2) is 6.83. The number of anilines is 1. The molecule has 0 aromatic heterocycles. The Morgan fingerprint density at radius 1 is 1.10 bits per heavy atom. The maximum Gasteiger partial charge on any atom is 0.252 e. The number of carbonyl (C=O) groups excluding carboxylic acids is 1. The molecule has 21 heavy (non-hydrogen) atoms. The quantitative estimate of drug-likeness (QED) is 0.868. The first-order chi connectivity index (χ1) is 10.0. The molecule has 2 aromatic carbocycles. The molecule has 2 aromatic rings. The largest absolute Gasteiger partial charge is 0.378 e. The molecular weight excluding hydrogens is 307 g/mol.